The van der Waals surface area contributed by atoms with Crippen LogP contribution in [0.2, 0.25) is 0 Å². The monoisotopic (exact) mass is 264 g/mol. The number of amides is 1. The van der Waals surface area contributed by atoms with E-state index in [4.69, 9.17) is 4.74 Å². The Kier molecular flexibility index (Phi) is 5.99. The van der Waals surface area contributed by atoms with E-state index in [1.165, 1.54) is 0 Å². The summed E-state index contributed by atoms with van der Waals surface area (Å²) < 4.78 is 5.41. The van der Waals surface area contributed by atoms with Crippen LogP contribution < -0.4 is 10.6 Å². The van der Waals surface area contributed by atoms with Crippen LogP contribution in [-0.2, 0) is 16.1 Å². The van der Waals surface area contributed by atoms with E-state index in [-0.39, 0.29) is 5.91 Å². The van der Waals surface area contributed by atoms with Crippen LogP contribution in [0.25, 0.3) is 0 Å². The predicted molar refractivity (Wildman–Crippen MR) is 78.2 cm³/mol. The molecule has 0 radical (unpaired) electrons. The molecule has 2 N–H and O–H groups in total. The molecule has 0 atom stereocenters. The molecule has 0 fully saturated rings. The highest BCUT2D eigenvalue weighted by Crippen LogP contribution is 2.18. The van der Waals surface area contributed by atoms with Crippen molar-refractivity contribution in [1.29, 1.82) is 0 Å². The minimum Gasteiger partial charge on any atom is -0.377 e. The van der Waals surface area contributed by atoms with E-state index in [2.05, 4.69) is 10.6 Å². The van der Waals surface area contributed by atoms with Crippen LogP contribution in [0.1, 0.15) is 33.3 Å². The van der Waals surface area contributed by atoms with Crippen molar-refractivity contribution in [2.24, 2.45) is 0 Å². The highest BCUT2D eigenvalue weighted by atomic mass is 16.5. The summed E-state index contributed by atoms with van der Waals surface area (Å²) in [7, 11) is 0. The van der Waals surface area contributed by atoms with Gasteiger partial charge in [-0.2, -0.15) is 0 Å². The summed E-state index contributed by atoms with van der Waals surface area (Å²) in [6.07, 6.45) is 0. The molecule has 106 valence electrons. The average molecular weight is 264 g/mol. The summed E-state index contributed by atoms with van der Waals surface area (Å²) in [5.74, 6) is -0.0432. The summed E-state index contributed by atoms with van der Waals surface area (Å²) >= 11 is 0. The van der Waals surface area contributed by atoms with Gasteiger partial charge in [0, 0.05) is 17.9 Å². The van der Waals surface area contributed by atoms with Gasteiger partial charge in [0.2, 0.25) is 5.91 Å². The first-order valence-electron chi connectivity index (χ1n) is 6.73. The fraction of sp³-hybridized carbons (Fsp3) is 0.533. The standard InChI is InChI=1S/C15H24N2O2/c1-5-16-15(3,4)14(18)17-13-10-8-7-9-12(13)11-19-6-2/h7-10,16H,5-6,11H2,1-4H3,(H,17,18). The summed E-state index contributed by atoms with van der Waals surface area (Å²) in [5.41, 5.74) is 1.21. The largest absolute Gasteiger partial charge is 0.377 e. The van der Waals surface area contributed by atoms with Crippen molar-refractivity contribution in [2.45, 2.75) is 39.8 Å². The second-order valence-corrected chi connectivity index (χ2v) is 4.90. The SMILES string of the molecule is CCNC(C)(C)C(=O)Nc1ccccc1COCC. The van der Waals surface area contributed by atoms with Crippen molar-refractivity contribution in [3.63, 3.8) is 0 Å². The maximum atomic E-state index is 12.2. The van der Waals surface area contributed by atoms with Gasteiger partial charge in [-0.1, -0.05) is 25.1 Å². The van der Waals surface area contributed by atoms with Crippen molar-refractivity contribution >= 4 is 11.6 Å². The first kappa shape index (κ1) is 15.7. The Morgan fingerprint density at radius 1 is 1.26 bits per heavy atom. The van der Waals surface area contributed by atoms with Crippen LogP contribution in [0.3, 0.4) is 0 Å². The molecule has 1 aromatic rings. The molecular weight excluding hydrogens is 240 g/mol. The number of nitrogens with one attached hydrogen (secondary N) is 2. The molecule has 0 aliphatic rings. The highest BCUT2D eigenvalue weighted by Gasteiger charge is 2.26. The van der Waals surface area contributed by atoms with E-state index in [1.54, 1.807) is 0 Å². The van der Waals surface area contributed by atoms with E-state index in [0.29, 0.717) is 13.2 Å². The zero-order valence-electron chi connectivity index (χ0n) is 12.2. The van der Waals surface area contributed by atoms with Gasteiger partial charge in [-0.3, -0.25) is 4.79 Å². The van der Waals surface area contributed by atoms with Gasteiger partial charge >= 0.3 is 0 Å². The van der Waals surface area contributed by atoms with Crippen molar-refractivity contribution in [2.75, 3.05) is 18.5 Å². The normalized spacial score (nSPS) is 11.4. The lowest BCUT2D eigenvalue weighted by molar-refractivity contribution is -0.121. The third kappa shape index (κ3) is 4.65. The lowest BCUT2D eigenvalue weighted by Crippen LogP contribution is -2.49. The van der Waals surface area contributed by atoms with E-state index >= 15 is 0 Å². The van der Waals surface area contributed by atoms with Gasteiger partial charge in [-0.25, -0.2) is 0 Å². The lowest BCUT2D eigenvalue weighted by Gasteiger charge is -2.25. The van der Waals surface area contributed by atoms with Crippen LogP contribution >= 0.6 is 0 Å². The van der Waals surface area contributed by atoms with Crippen LogP contribution in [0, 0.1) is 0 Å². The van der Waals surface area contributed by atoms with Crippen LogP contribution in [0.15, 0.2) is 24.3 Å². The molecule has 0 heterocycles. The van der Waals surface area contributed by atoms with Crippen LogP contribution in [-0.4, -0.2) is 24.6 Å². The van der Waals surface area contributed by atoms with Crippen LogP contribution in [0.4, 0.5) is 5.69 Å². The summed E-state index contributed by atoms with van der Waals surface area (Å²) in [6, 6.07) is 7.71. The van der Waals surface area contributed by atoms with Crippen molar-refractivity contribution < 1.29 is 9.53 Å². The Balaban J connectivity index is 2.78. The maximum absolute atomic E-state index is 12.2. The topological polar surface area (TPSA) is 50.4 Å². The van der Waals surface area contributed by atoms with Gasteiger partial charge in [0.15, 0.2) is 0 Å². The Labute approximate surface area is 115 Å². The van der Waals surface area contributed by atoms with Crippen molar-refractivity contribution in [3.05, 3.63) is 29.8 Å². The smallest absolute Gasteiger partial charge is 0.244 e. The second kappa shape index (κ2) is 7.26. The molecule has 4 heteroatoms. The number of ether oxygens (including phenoxy) is 1. The maximum Gasteiger partial charge on any atom is 0.244 e. The number of hydrogen-bond acceptors (Lipinski definition) is 3. The van der Waals surface area contributed by atoms with Crippen molar-refractivity contribution in [3.8, 4) is 0 Å². The quantitative estimate of drug-likeness (QED) is 0.795. The molecule has 0 unspecified atom stereocenters. The lowest BCUT2D eigenvalue weighted by atomic mass is 10.0. The fourth-order valence-electron chi connectivity index (χ4n) is 1.78. The number of carbonyl (C=O) groups excluding carboxylic acids is 1. The van der Waals surface area contributed by atoms with E-state index < -0.39 is 5.54 Å². The third-order valence-corrected chi connectivity index (χ3v) is 2.91. The van der Waals surface area contributed by atoms with Crippen LogP contribution in [0.5, 0.6) is 0 Å². The van der Waals surface area contributed by atoms with Gasteiger partial charge < -0.3 is 15.4 Å². The first-order valence-corrected chi connectivity index (χ1v) is 6.73. The summed E-state index contributed by atoms with van der Waals surface area (Å²) in [5, 5.41) is 6.12. The molecule has 0 aromatic heterocycles. The molecule has 4 nitrogen and oxygen atoms in total. The fourth-order valence-corrected chi connectivity index (χ4v) is 1.78. The molecule has 0 saturated carbocycles. The van der Waals surface area contributed by atoms with E-state index in [1.807, 2.05) is 52.0 Å². The van der Waals surface area contributed by atoms with E-state index in [9.17, 15) is 4.79 Å². The molecule has 19 heavy (non-hydrogen) atoms. The molecule has 0 bridgehead atoms. The zero-order chi connectivity index (χ0) is 14.3. The number of anilines is 1. The highest BCUT2D eigenvalue weighted by molar-refractivity contribution is 5.98. The van der Waals surface area contributed by atoms with Gasteiger partial charge in [-0.05, 0) is 33.4 Å². The molecular formula is C15H24N2O2. The Morgan fingerprint density at radius 2 is 1.95 bits per heavy atom. The predicted octanol–water partition coefficient (Wildman–Crippen LogP) is 2.55. The zero-order valence-corrected chi connectivity index (χ0v) is 12.2. The van der Waals surface area contributed by atoms with Gasteiger partial charge in [-0.15, -0.1) is 0 Å². The second-order valence-electron chi connectivity index (χ2n) is 4.90. The number of benzene rings is 1. The Morgan fingerprint density at radius 3 is 2.58 bits per heavy atom. The van der Waals surface area contributed by atoms with Gasteiger partial charge in [0.1, 0.15) is 0 Å². The number of likely N-dealkylation sites (N-methyl/N-ethyl adjacent to an activating group) is 1. The third-order valence-electron chi connectivity index (χ3n) is 2.91. The molecule has 1 aromatic carbocycles. The molecule has 1 rings (SSSR count). The van der Waals surface area contributed by atoms with Gasteiger partial charge in [0.05, 0.1) is 12.1 Å². The molecule has 0 aliphatic heterocycles. The first-order chi connectivity index (χ1) is 9.01. The Hall–Kier alpha value is -1.39. The number of para-hydroxylation sites is 1. The average Bonchev–Trinajstić information content (AvgIpc) is 2.37. The summed E-state index contributed by atoms with van der Waals surface area (Å²) in [4.78, 5) is 12.2. The number of carbonyl (C=O) groups is 1. The molecule has 0 spiro atoms. The Bertz CT molecular complexity index is 416. The molecule has 0 aliphatic carbocycles. The molecule has 0 saturated heterocycles. The minimum atomic E-state index is -0.590. The minimum absolute atomic E-state index is 0.0432. The number of hydrogen-bond donors (Lipinski definition) is 2. The number of rotatable bonds is 7. The molecule has 1 amide bonds. The van der Waals surface area contributed by atoms with Crippen molar-refractivity contribution in [1.82, 2.24) is 5.32 Å². The van der Waals surface area contributed by atoms with Gasteiger partial charge in [0.25, 0.3) is 0 Å². The van der Waals surface area contributed by atoms with E-state index in [0.717, 1.165) is 17.8 Å². The summed E-state index contributed by atoms with van der Waals surface area (Å²) in [6.45, 7) is 9.60.